The minimum Gasteiger partial charge on any atom is -0.377 e. The molecule has 18 heavy (non-hydrogen) atoms. The highest BCUT2D eigenvalue weighted by atomic mass is 16.5. The number of nitrogens with zero attached hydrogens (tertiary/aromatic N) is 1. The van der Waals surface area contributed by atoms with Crippen LogP contribution in [0.5, 0.6) is 0 Å². The largest absolute Gasteiger partial charge is 0.377 e. The van der Waals surface area contributed by atoms with E-state index >= 15 is 0 Å². The van der Waals surface area contributed by atoms with Crippen LogP contribution in [0, 0.1) is 0 Å². The predicted molar refractivity (Wildman–Crippen MR) is 75.9 cm³/mol. The molecule has 1 heterocycles. The predicted octanol–water partition coefficient (Wildman–Crippen LogP) is 2.41. The minimum absolute atomic E-state index is 0.393. The first-order chi connectivity index (χ1) is 8.75. The van der Waals surface area contributed by atoms with Crippen molar-refractivity contribution in [3.63, 3.8) is 0 Å². The summed E-state index contributed by atoms with van der Waals surface area (Å²) in [6.07, 6.45) is 8.61. The van der Waals surface area contributed by atoms with Gasteiger partial charge in [-0.2, -0.15) is 0 Å². The van der Waals surface area contributed by atoms with Crippen LogP contribution in [0.4, 0.5) is 0 Å². The number of nitrogens with one attached hydrogen (secondary N) is 1. The van der Waals surface area contributed by atoms with E-state index in [1.807, 2.05) is 0 Å². The second-order valence-electron chi connectivity index (χ2n) is 6.12. The summed E-state index contributed by atoms with van der Waals surface area (Å²) in [5, 5.41) is 3.77. The van der Waals surface area contributed by atoms with Crippen LogP contribution in [-0.2, 0) is 4.74 Å². The van der Waals surface area contributed by atoms with Crippen molar-refractivity contribution in [3.8, 4) is 0 Å². The zero-order valence-corrected chi connectivity index (χ0v) is 12.2. The van der Waals surface area contributed by atoms with E-state index in [-0.39, 0.29) is 0 Å². The van der Waals surface area contributed by atoms with E-state index in [1.54, 1.807) is 0 Å². The molecule has 0 aromatic carbocycles. The third-order valence-corrected chi connectivity index (χ3v) is 4.41. The number of hydrogen-bond donors (Lipinski definition) is 1. The molecule has 2 unspecified atom stereocenters. The van der Waals surface area contributed by atoms with Crippen molar-refractivity contribution in [1.29, 1.82) is 0 Å². The number of hydrogen-bond acceptors (Lipinski definition) is 3. The second kappa shape index (κ2) is 7.46. The Kier molecular flexibility index (Phi) is 5.93. The highest BCUT2D eigenvalue weighted by molar-refractivity contribution is 4.78. The van der Waals surface area contributed by atoms with Gasteiger partial charge >= 0.3 is 0 Å². The molecule has 3 heteroatoms. The van der Waals surface area contributed by atoms with Crippen LogP contribution in [0.2, 0.25) is 0 Å². The summed E-state index contributed by atoms with van der Waals surface area (Å²) in [5.74, 6) is 0. The van der Waals surface area contributed by atoms with E-state index in [0.29, 0.717) is 12.1 Å². The van der Waals surface area contributed by atoms with Crippen LogP contribution in [-0.4, -0.2) is 49.3 Å². The first-order valence-electron chi connectivity index (χ1n) is 7.84. The maximum absolute atomic E-state index is 5.72. The Bertz CT molecular complexity index is 229. The summed E-state index contributed by atoms with van der Waals surface area (Å²) in [5.41, 5.74) is 0. The third-order valence-electron chi connectivity index (χ3n) is 4.41. The minimum atomic E-state index is 0.393. The standard InChI is InChI=1S/C15H30N2O/c1-13(11-16-15-7-4-3-5-8-15)17-9-6-10-18-14(2)12-17/h13-16H,3-12H2,1-2H3. The Morgan fingerprint density at radius 2 is 2.00 bits per heavy atom. The molecule has 1 saturated heterocycles. The summed E-state index contributed by atoms with van der Waals surface area (Å²) >= 11 is 0. The average molecular weight is 254 g/mol. The van der Waals surface area contributed by atoms with E-state index < -0.39 is 0 Å². The fraction of sp³-hybridized carbons (Fsp3) is 1.00. The van der Waals surface area contributed by atoms with Crippen molar-refractivity contribution in [2.24, 2.45) is 0 Å². The van der Waals surface area contributed by atoms with Gasteiger partial charge in [0.1, 0.15) is 0 Å². The van der Waals surface area contributed by atoms with Gasteiger partial charge in [0.05, 0.1) is 6.10 Å². The Hall–Kier alpha value is -0.120. The zero-order valence-electron chi connectivity index (χ0n) is 12.2. The van der Waals surface area contributed by atoms with Crippen LogP contribution in [0.15, 0.2) is 0 Å². The molecule has 0 bridgehead atoms. The van der Waals surface area contributed by atoms with Crippen molar-refractivity contribution in [2.75, 3.05) is 26.2 Å². The molecule has 0 amide bonds. The lowest BCUT2D eigenvalue weighted by Gasteiger charge is -2.31. The first kappa shape index (κ1) is 14.3. The van der Waals surface area contributed by atoms with Gasteiger partial charge in [-0.1, -0.05) is 19.3 Å². The number of rotatable bonds is 4. The Labute approximate surface area is 112 Å². The molecular weight excluding hydrogens is 224 g/mol. The molecular formula is C15H30N2O. The van der Waals surface area contributed by atoms with Crippen LogP contribution < -0.4 is 5.32 Å². The molecule has 1 aliphatic carbocycles. The molecule has 0 radical (unpaired) electrons. The topological polar surface area (TPSA) is 24.5 Å². The molecule has 106 valence electrons. The van der Waals surface area contributed by atoms with Gasteiger partial charge in [0.25, 0.3) is 0 Å². The SMILES string of the molecule is CC1CN(C(C)CNC2CCCCC2)CCCO1. The van der Waals surface area contributed by atoms with E-state index in [1.165, 1.54) is 45.1 Å². The summed E-state index contributed by atoms with van der Waals surface area (Å²) < 4.78 is 5.72. The highest BCUT2D eigenvalue weighted by Crippen LogP contribution is 2.17. The van der Waals surface area contributed by atoms with E-state index in [2.05, 4.69) is 24.1 Å². The van der Waals surface area contributed by atoms with Gasteiger partial charge in [-0.05, 0) is 33.1 Å². The smallest absolute Gasteiger partial charge is 0.0674 e. The number of ether oxygens (including phenoxy) is 1. The van der Waals surface area contributed by atoms with Gasteiger partial charge in [-0.15, -0.1) is 0 Å². The first-order valence-corrected chi connectivity index (χ1v) is 7.84. The van der Waals surface area contributed by atoms with Crippen LogP contribution >= 0.6 is 0 Å². The van der Waals surface area contributed by atoms with Crippen molar-refractivity contribution in [1.82, 2.24) is 10.2 Å². The van der Waals surface area contributed by atoms with Crippen molar-refractivity contribution >= 4 is 0 Å². The molecule has 2 fully saturated rings. The molecule has 2 aliphatic rings. The molecule has 0 aromatic heterocycles. The van der Waals surface area contributed by atoms with Crippen molar-refractivity contribution in [2.45, 2.75) is 70.6 Å². The van der Waals surface area contributed by atoms with Gasteiger partial charge in [0.15, 0.2) is 0 Å². The molecule has 1 aliphatic heterocycles. The van der Waals surface area contributed by atoms with Crippen molar-refractivity contribution in [3.05, 3.63) is 0 Å². The lowest BCUT2D eigenvalue weighted by atomic mass is 9.95. The Balaban J connectivity index is 1.70. The van der Waals surface area contributed by atoms with E-state index in [0.717, 1.165) is 25.7 Å². The maximum Gasteiger partial charge on any atom is 0.0674 e. The van der Waals surface area contributed by atoms with Crippen LogP contribution in [0.3, 0.4) is 0 Å². The third kappa shape index (κ3) is 4.52. The molecule has 1 saturated carbocycles. The van der Waals surface area contributed by atoms with Crippen LogP contribution in [0.1, 0.15) is 52.4 Å². The van der Waals surface area contributed by atoms with E-state index in [9.17, 15) is 0 Å². The molecule has 0 aromatic rings. The summed E-state index contributed by atoms with van der Waals surface area (Å²) in [6, 6.07) is 1.41. The Morgan fingerprint density at radius 3 is 2.78 bits per heavy atom. The zero-order chi connectivity index (χ0) is 12.8. The van der Waals surface area contributed by atoms with Gasteiger partial charge < -0.3 is 10.1 Å². The van der Waals surface area contributed by atoms with Gasteiger partial charge in [0, 0.05) is 38.3 Å². The van der Waals surface area contributed by atoms with Crippen LogP contribution in [0.25, 0.3) is 0 Å². The maximum atomic E-state index is 5.72. The summed E-state index contributed by atoms with van der Waals surface area (Å²) in [6.45, 7) is 8.90. The molecule has 2 atom stereocenters. The van der Waals surface area contributed by atoms with Gasteiger partial charge in [0.2, 0.25) is 0 Å². The van der Waals surface area contributed by atoms with Gasteiger partial charge in [-0.3, -0.25) is 4.90 Å². The van der Waals surface area contributed by atoms with Gasteiger partial charge in [-0.25, -0.2) is 0 Å². The van der Waals surface area contributed by atoms with E-state index in [4.69, 9.17) is 4.74 Å². The molecule has 2 rings (SSSR count). The summed E-state index contributed by atoms with van der Waals surface area (Å²) in [4.78, 5) is 2.59. The second-order valence-corrected chi connectivity index (χ2v) is 6.12. The molecule has 3 nitrogen and oxygen atoms in total. The molecule has 0 spiro atoms. The normalized spacial score (nSPS) is 30.0. The molecule has 1 N–H and O–H groups in total. The highest BCUT2D eigenvalue weighted by Gasteiger charge is 2.21. The average Bonchev–Trinajstić information content (AvgIpc) is 2.62. The van der Waals surface area contributed by atoms with Crippen molar-refractivity contribution < 1.29 is 4.74 Å². The lowest BCUT2D eigenvalue weighted by Crippen LogP contribution is -2.45. The Morgan fingerprint density at radius 1 is 1.22 bits per heavy atom. The lowest BCUT2D eigenvalue weighted by molar-refractivity contribution is 0.0616. The fourth-order valence-electron chi connectivity index (χ4n) is 3.20. The summed E-state index contributed by atoms with van der Waals surface area (Å²) in [7, 11) is 0. The quantitative estimate of drug-likeness (QED) is 0.834. The fourth-order valence-corrected chi connectivity index (χ4v) is 3.20. The monoisotopic (exact) mass is 254 g/mol.